The number of para-hydroxylation sites is 2. The Bertz CT molecular complexity index is 1320. The minimum atomic E-state index is -2.30. The summed E-state index contributed by atoms with van der Waals surface area (Å²) in [6.45, 7) is 16.2. The molecule has 0 amide bonds. The lowest BCUT2D eigenvalue weighted by Crippen LogP contribution is -2.31. The molecular weight excluding hydrogens is 483 g/mol. The zero-order valence-electron chi connectivity index (χ0n) is 23.4. The number of hydrogen-bond acceptors (Lipinski definition) is 2. The lowest BCUT2D eigenvalue weighted by molar-refractivity contribution is 0.838. The Labute approximate surface area is 225 Å². The Morgan fingerprint density at radius 1 is 0.595 bits per heavy atom. The quantitative estimate of drug-likeness (QED) is 0.180. The van der Waals surface area contributed by atoms with Gasteiger partial charge < -0.3 is 9.73 Å². The van der Waals surface area contributed by atoms with Crippen molar-refractivity contribution in [2.24, 2.45) is 4.41 Å². The van der Waals surface area contributed by atoms with E-state index in [0.717, 1.165) is 5.69 Å². The molecule has 0 unspecified atom stereocenters. The van der Waals surface area contributed by atoms with Crippen LogP contribution in [0.5, 0.6) is 0 Å². The van der Waals surface area contributed by atoms with E-state index in [1.165, 1.54) is 32.7 Å². The van der Waals surface area contributed by atoms with E-state index in [1.807, 2.05) is 0 Å². The lowest BCUT2D eigenvalue weighted by Gasteiger charge is -2.33. The van der Waals surface area contributed by atoms with Gasteiger partial charge in [0.15, 0.2) is 8.24 Å². The molecule has 0 aliphatic carbocycles. The van der Waals surface area contributed by atoms with Gasteiger partial charge in [0.05, 0.1) is 0 Å². The zero-order chi connectivity index (χ0) is 26.6. The smallest absolute Gasteiger partial charge is 0.171 e. The zero-order valence-corrected chi connectivity index (χ0v) is 25.3. The van der Waals surface area contributed by atoms with Gasteiger partial charge in [-0.2, -0.15) is 0 Å². The maximum atomic E-state index is 5.88. The third kappa shape index (κ3) is 5.84. The molecule has 0 heterocycles. The van der Waals surface area contributed by atoms with Gasteiger partial charge in [-0.3, -0.25) is 0 Å². The molecule has 1 N–H and O–H groups in total. The van der Waals surface area contributed by atoms with Gasteiger partial charge in [-0.05, 0) is 39.6 Å². The first-order chi connectivity index (χ1) is 17.6. The minimum Gasteiger partial charge on any atom is -0.354 e. The van der Waals surface area contributed by atoms with Crippen LogP contribution < -0.4 is 21.2 Å². The van der Waals surface area contributed by atoms with Gasteiger partial charge in [0.2, 0.25) is 0 Å². The molecule has 0 radical (unpaired) electrons. The standard InChI is InChI=1S/C33H41N2PSi/c1-25(2)29-21-16-22-30(26(3)4)33(29)34-31-23-14-15-24-32(31)36(35-37(5,6)7,27-17-10-8-11-18-27)28-19-12-9-13-20-28/h8-26,34H,1-7H3. The molecule has 4 rings (SSSR count). The second-order valence-corrected chi connectivity index (χ2v) is 19.3. The molecule has 4 aromatic carbocycles. The minimum absolute atomic E-state index is 0.419. The highest BCUT2D eigenvalue weighted by Gasteiger charge is 2.32. The Balaban J connectivity index is 2.08. The molecule has 37 heavy (non-hydrogen) atoms. The van der Waals surface area contributed by atoms with Crippen molar-refractivity contribution in [2.75, 3.05) is 5.32 Å². The van der Waals surface area contributed by atoms with Gasteiger partial charge >= 0.3 is 0 Å². The third-order valence-electron chi connectivity index (χ3n) is 6.60. The van der Waals surface area contributed by atoms with Crippen LogP contribution >= 0.6 is 7.05 Å². The first-order valence-electron chi connectivity index (χ1n) is 13.4. The Hall–Kier alpha value is -2.87. The second-order valence-electron chi connectivity index (χ2n) is 11.3. The van der Waals surface area contributed by atoms with Crippen LogP contribution in [-0.2, 0) is 0 Å². The van der Waals surface area contributed by atoms with E-state index in [4.69, 9.17) is 4.41 Å². The molecule has 0 aliphatic rings. The third-order valence-corrected chi connectivity index (χ3v) is 13.4. The fraction of sp³-hybridized carbons (Fsp3) is 0.273. The molecule has 0 bridgehead atoms. The summed E-state index contributed by atoms with van der Waals surface area (Å²) in [5.41, 5.74) is 5.10. The van der Waals surface area contributed by atoms with E-state index in [-0.39, 0.29) is 0 Å². The van der Waals surface area contributed by atoms with E-state index < -0.39 is 15.3 Å². The number of anilines is 2. The van der Waals surface area contributed by atoms with Crippen molar-refractivity contribution in [3.63, 3.8) is 0 Å². The highest BCUT2D eigenvalue weighted by atomic mass is 31.2. The van der Waals surface area contributed by atoms with Gasteiger partial charge in [-0.25, -0.2) is 0 Å². The first-order valence-corrected chi connectivity index (χ1v) is 18.6. The summed E-state index contributed by atoms with van der Waals surface area (Å²) >= 11 is 0. The maximum absolute atomic E-state index is 5.88. The van der Waals surface area contributed by atoms with Crippen molar-refractivity contribution in [1.29, 1.82) is 0 Å². The van der Waals surface area contributed by atoms with Crippen LogP contribution in [0.1, 0.15) is 50.7 Å². The molecule has 2 nitrogen and oxygen atoms in total. The monoisotopic (exact) mass is 524 g/mol. The van der Waals surface area contributed by atoms with Crippen molar-refractivity contribution in [3.05, 3.63) is 114 Å². The van der Waals surface area contributed by atoms with Gasteiger partial charge in [0.1, 0.15) is 0 Å². The summed E-state index contributed by atoms with van der Waals surface area (Å²) in [4.78, 5) is 0. The predicted molar refractivity (Wildman–Crippen MR) is 169 cm³/mol. The molecule has 0 aromatic heterocycles. The van der Waals surface area contributed by atoms with Crippen LogP contribution in [0.2, 0.25) is 19.6 Å². The largest absolute Gasteiger partial charge is 0.354 e. The molecule has 0 spiro atoms. The number of nitrogens with one attached hydrogen (secondary N) is 1. The fourth-order valence-corrected chi connectivity index (χ4v) is 12.8. The number of benzene rings is 4. The molecular formula is C33H41N2PSi. The Morgan fingerprint density at radius 2 is 1.05 bits per heavy atom. The summed E-state index contributed by atoms with van der Waals surface area (Å²) in [6, 6.07) is 37.6. The van der Waals surface area contributed by atoms with Crippen molar-refractivity contribution in [1.82, 2.24) is 0 Å². The summed E-state index contributed by atoms with van der Waals surface area (Å²) in [6.07, 6.45) is 0. The topological polar surface area (TPSA) is 24.4 Å². The molecule has 192 valence electrons. The summed E-state index contributed by atoms with van der Waals surface area (Å²) < 4.78 is 5.88. The normalized spacial score (nSPS) is 12.1. The van der Waals surface area contributed by atoms with Crippen LogP contribution in [0.3, 0.4) is 0 Å². The molecule has 0 aliphatic heterocycles. The summed E-state index contributed by atoms with van der Waals surface area (Å²) in [5.74, 6) is 0.839. The molecule has 4 heteroatoms. The van der Waals surface area contributed by atoms with Crippen LogP contribution in [0.15, 0.2) is 108 Å². The van der Waals surface area contributed by atoms with Crippen LogP contribution in [0, 0.1) is 0 Å². The SMILES string of the molecule is CC(C)c1cccc(C(C)C)c1Nc1ccccc1P(=N[Si](C)(C)C)(c1ccccc1)c1ccccc1. The average molecular weight is 525 g/mol. The van der Waals surface area contributed by atoms with Crippen LogP contribution in [-0.4, -0.2) is 8.24 Å². The maximum Gasteiger partial charge on any atom is 0.171 e. The number of nitrogens with zero attached hydrogens (tertiary/aromatic N) is 1. The van der Waals surface area contributed by atoms with Crippen molar-refractivity contribution >= 4 is 42.6 Å². The highest BCUT2D eigenvalue weighted by molar-refractivity contribution is 7.88. The van der Waals surface area contributed by atoms with Crippen LogP contribution in [0.4, 0.5) is 11.4 Å². The predicted octanol–water partition coefficient (Wildman–Crippen LogP) is 8.99. The van der Waals surface area contributed by atoms with Crippen LogP contribution in [0.25, 0.3) is 0 Å². The highest BCUT2D eigenvalue weighted by Crippen LogP contribution is 2.50. The van der Waals surface area contributed by atoms with E-state index in [0.29, 0.717) is 11.8 Å². The van der Waals surface area contributed by atoms with Gasteiger partial charge in [0.25, 0.3) is 0 Å². The second kappa shape index (κ2) is 11.3. The van der Waals surface area contributed by atoms with E-state index in [2.05, 4.69) is 156 Å². The summed E-state index contributed by atoms with van der Waals surface area (Å²) in [7, 11) is -4.17. The Morgan fingerprint density at radius 3 is 1.51 bits per heavy atom. The number of hydrogen-bond donors (Lipinski definition) is 1. The molecule has 0 saturated carbocycles. The Kier molecular flexibility index (Phi) is 8.26. The van der Waals surface area contributed by atoms with E-state index in [9.17, 15) is 0 Å². The summed E-state index contributed by atoms with van der Waals surface area (Å²) in [5, 5.41) is 7.89. The molecule has 0 fully saturated rings. The number of rotatable bonds is 8. The van der Waals surface area contributed by atoms with E-state index in [1.54, 1.807) is 0 Å². The van der Waals surface area contributed by atoms with Crippen molar-refractivity contribution in [2.45, 2.75) is 59.2 Å². The van der Waals surface area contributed by atoms with E-state index >= 15 is 0 Å². The van der Waals surface area contributed by atoms with Gasteiger partial charge in [0, 0.05) is 23.7 Å². The lowest BCUT2D eigenvalue weighted by atomic mass is 9.92. The van der Waals surface area contributed by atoms with Crippen molar-refractivity contribution in [3.8, 4) is 0 Å². The van der Waals surface area contributed by atoms with Gasteiger partial charge in [-0.15, -0.1) is 0 Å². The molecule has 0 saturated heterocycles. The van der Waals surface area contributed by atoms with Gasteiger partial charge in [-0.1, -0.05) is 144 Å². The average Bonchev–Trinajstić information content (AvgIpc) is 2.88. The van der Waals surface area contributed by atoms with Crippen molar-refractivity contribution < 1.29 is 0 Å². The first kappa shape index (κ1) is 27.2. The molecule has 4 aromatic rings. The fourth-order valence-electron chi connectivity index (χ4n) is 5.03. The molecule has 0 atom stereocenters.